The molecule has 0 radical (unpaired) electrons. The Bertz CT molecular complexity index is 624. The summed E-state index contributed by atoms with van der Waals surface area (Å²) in [6.07, 6.45) is 18.6. The van der Waals surface area contributed by atoms with Crippen LogP contribution in [-0.2, 0) is 0 Å². The van der Waals surface area contributed by atoms with Crippen LogP contribution in [0, 0.1) is 59.2 Å². The zero-order valence-corrected chi connectivity index (χ0v) is 11.3. The summed E-state index contributed by atoms with van der Waals surface area (Å²) in [6, 6.07) is 0. The Balaban J connectivity index is 1.35. The van der Waals surface area contributed by atoms with Crippen LogP contribution in [0.1, 0.15) is 0 Å². The molecule has 8 aliphatic rings. The maximum Gasteiger partial charge on any atom is 0.138 e. The Kier molecular flexibility index (Phi) is 1.26. The molecule has 0 aromatic heterocycles. The second kappa shape index (κ2) is 2.66. The molecule has 8 aliphatic carbocycles. The Hall–Kier alpha value is -1.43. The molecule has 0 aliphatic heterocycles. The van der Waals surface area contributed by atoms with Crippen LogP contribution < -0.4 is 0 Å². The topological polar surface area (TPSA) is 0 Å². The lowest BCUT2D eigenvalue weighted by molar-refractivity contribution is -0.127. The minimum Gasteiger partial charge on any atom is -0.0617 e. The standard InChI is InChI=1S/C20H17/c1-2-6-9(5-1)11-13-17-15-12(10-7-3-4-8-10)16-19(17)14(11)20(16)18(13)15/h1-9,13-20H/q+1/t13?,14?,15?,16?,17-,18?,19?,20?/m1/s1. The predicted molar refractivity (Wildman–Crippen MR) is 78.2 cm³/mol. The third kappa shape index (κ3) is 0.685. The molecule has 8 rings (SSSR count). The summed E-state index contributed by atoms with van der Waals surface area (Å²) in [7, 11) is 0. The summed E-state index contributed by atoms with van der Waals surface area (Å²) in [5, 5.41) is 0. The van der Waals surface area contributed by atoms with E-state index < -0.39 is 0 Å². The maximum atomic E-state index is 2.44. The molecule has 0 spiro atoms. The fraction of sp³-hybridized carbons (Fsp3) is 0.450. The average molecular weight is 257 g/mol. The molecule has 0 heterocycles. The van der Waals surface area contributed by atoms with E-state index in [0.29, 0.717) is 5.92 Å². The molecule has 0 N–H and O–H groups in total. The van der Waals surface area contributed by atoms with E-state index in [1.807, 2.05) is 11.5 Å². The van der Waals surface area contributed by atoms with E-state index in [1.54, 1.807) is 5.57 Å². The van der Waals surface area contributed by atoms with Crippen LogP contribution in [0.4, 0.5) is 0 Å². The van der Waals surface area contributed by atoms with Crippen LogP contribution in [0.2, 0.25) is 0 Å². The van der Waals surface area contributed by atoms with E-state index in [1.165, 1.54) is 0 Å². The lowest BCUT2D eigenvalue weighted by atomic mass is 9.45. The van der Waals surface area contributed by atoms with E-state index in [9.17, 15) is 0 Å². The van der Waals surface area contributed by atoms with Gasteiger partial charge in [0, 0.05) is 23.7 Å². The van der Waals surface area contributed by atoms with Gasteiger partial charge in [0.05, 0.1) is 0 Å². The first-order valence-electron chi connectivity index (χ1n) is 8.27. The van der Waals surface area contributed by atoms with Gasteiger partial charge in [-0.3, -0.25) is 0 Å². The second-order valence-corrected chi connectivity index (χ2v) is 7.84. The molecular weight excluding hydrogens is 240 g/mol. The van der Waals surface area contributed by atoms with Gasteiger partial charge in [-0.05, 0) is 29.6 Å². The Morgan fingerprint density at radius 1 is 0.700 bits per heavy atom. The van der Waals surface area contributed by atoms with Crippen LogP contribution in [0.3, 0.4) is 0 Å². The first-order valence-corrected chi connectivity index (χ1v) is 8.27. The average Bonchev–Trinajstić information content (AvgIpc) is 3.20. The Morgan fingerprint density at radius 3 is 1.80 bits per heavy atom. The minimum atomic E-state index is 0.715. The van der Waals surface area contributed by atoms with Gasteiger partial charge in [-0.15, -0.1) is 0 Å². The molecule has 0 aromatic rings. The van der Waals surface area contributed by atoms with Gasteiger partial charge in [0.1, 0.15) is 23.7 Å². The molecule has 7 unspecified atom stereocenters. The maximum absolute atomic E-state index is 2.44. The smallest absolute Gasteiger partial charge is 0.0617 e. The SMILES string of the molecule is C1=CC(=C2C3C4C5[C+](C6C=CC=C6)C6C4C2[C@@H]6C35)C=C1. The van der Waals surface area contributed by atoms with E-state index in [-0.39, 0.29) is 0 Å². The fourth-order valence-corrected chi connectivity index (χ4v) is 7.76. The number of hydrogen-bond acceptors (Lipinski definition) is 0. The van der Waals surface area contributed by atoms with E-state index in [4.69, 9.17) is 0 Å². The van der Waals surface area contributed by atoms with Crippen molar-refractivity contribution in [1.29, 1.82) is 0 Å². The van der Waals surface area contributed by atoms with Crippen molar-refractivity contribution in [3.63, 3.8) is 0 Å². The molecule has 6 saturated carbocycles. The summed E-state index contributed by atoms with van der Waals surface area (Å²) in [5.74, 6) is 10.9. The van der Waals surface area contributed by atoms with Crippen molar-refractivity contribution in [2.24, 2.45) is 53.3 Å². The van der Waals surface area contributed by atoms with Crippen LogP contribution in [-0.4, -0.2) is 0 Å². The second-order valence-electron chi connectivity index (χ2n) is 7.84. The summed E-state index contributed by atoms with van der Waals surface area (Å²) < 4.78 is 0. The Labute approximate surface area is 119 Å². The van der Waals surface area contributed by atoms with Crippen molar-refractivity contribution in [3.8, 4) is 0 Å². The molecule has 20 heavy (non-hydrogen) atoms. The third-order valence-corrected chi connectivity index (χ3v) is 7.82. The molecule has 0 heteroatoms. The van der Waals surface area contributed by atoms with Crippen LogP contribution in [0.25, 0.3) is 0 Å². The first-order chi connectivity index (χ1) is 9.97. The molecule has 0 saturated heterocycles. The van der Waals surface area contributed by atoms with Gasteiger partial charge in [-0.1, -0.05) is 42.0 Å². The first kappa shape index (κ1) is 9.50. The largest absolute Gasteiger partial charge is 0.138 e. The Morgan fingerprint density at radius 2 is 1.25 bits per heavy atom. The van der Waals surface area contributed by atoms with Gasteiger partial charge in [-0.2, -0.15) is 0 Å². The van der Waals surface area contributed by atoms with Gasteiger partial charge in [-0.25, -0.2) is 0 Å². The highest BCUT2D eigenvalue weighted by Gasteiger charge is 2.94. The van der Waals surface area contributed by atoms with E-state index in [0.717, 1.165) is 47.3 Å². The molecule has 8 atom stereocenters. The lowest BCUT2D eigenvalue weighted by Crippen LogP contribution is -2.56. The van der Waals surface area contributed by atoms with Crippen molar-refractivity contribution >= 4 is 0 Å². The molecule has 4 bridgehead atoms. The van der Waals surface area contributed by atoms with Crippen molar-refractivity contribution in [1.82, 2.24) is 0 Å². The van der Waals surface area contributed by atoms with E-state index in [2.05, 4.69) is 48.6 Å². The lowest BCUT2D eigenvalue weighted by Gasteiger charge is -2.53. The van der Waals surface area contributed by atoms with E-state index >= 15 is 0 Å². The molecule has 96 valence electrons. The van der Waals surface area contributed by atoms with Crippen LogP contribution in [0.5, 0.6) is 0 Å². The zero-order valence-electron chi connectivity index (χ0n) is 11.3. The highest BCUT2D eigenvalue weighted by molar-refractivity contribution is 5.58. The molecule has 6 fully saturated rings. The van der Waals surface area contributed by atoms with Gasteiger partial charge >= 0.3 is 0 Å². The van der Waals surface area contributed by atoms with Gasteiger partial charge < -0.3 is 0 Å². The number of rotatable bonds is 1. The number of hydrogen-bond donors (Lipinski definition) is 0. The molecule has 0 amide bonds. The van der Waals surface area contributed by atoms with Gasteiger partial charge in [0.25, 0.3) is 0 Å². The minimum absolute atomic E-state index is 0.715. The summed E-state index contributed by atoms with van der Waals surface area (Å²) in [5.41, 5.74) is 3.49. The quantitative estimate of drug-likeness (QED) is 0.628. The molecular formula is C20H17+. The monoisotopic (exact) mass is 257 g/mol. The normalized spacial score (nSPS) is 57.7. The van der Waals surface area contributed by atoms with Crippen molar-refractivity contribution in [3.05, 3.63) is 65.7 Å². The third-order valence-electron chi connectivity index (χ3n) is 7.82. The summed E-state index contributed by atoms with van der Waals surface area (Å²) in [4.78, 5) is 0. The molecule has 0 aromatic carbocycles. The number of allylic oxidation sites excluding steroid dienone is 10. The van der Waals surface area contributed by atoms with Gasteiger partial charge in [0.15, 0.2) is 0 Å². The predicted octanol–water partition coefficient (Wildman–Crippen LogP) is 3.72. The van der Waals surface area contributed by atoms with Crippen molar-refractivity contribution in [2.75, 3.05) is 0 Å². The summed E-state index contributed by atoms with van der Waals surface area (Å²) in [6.45, 7) is 0. The zero-order chi connectivity index (χ0) is 12.6. The van der Waals surface area contributed by atoms with Crippen molar-refractivity contribution in [2.45, 2.75) is 0 Å². The van der Waals surface area contributed by atoms with Crippen LogP contribution in [0.15, 0.2) is 59.8 Å². The summed E-state index contributed by atoms with van der Waals surface area (Å²) >= 11 is 0. The van der Waals surface area contributed by atoms with Gasteiger partial charge in [0.2, 0.25) is 0 Å². The highest BCUT2D eigenvalue weighted by Crippen LogP contribution is 2.92. The highest BCUT2D eigenvalue weighted by atomic mass is 14.9. The van der Waals surface area contributed by atoms with Crippen molar-refractivity contribution < 1.29 is 0 Å². The molecule has 0 nitrogen and oxygen atoms in total. The fourth-order valence-electron chi connectivity index (χ4n) is 7.76. The van der Waals surface area contributed by atoms with Crippen LogP contribution >= 0.6 is 0 Å².